The molecule has 136 valence electrons. The normalized spacial score (nSPS) is 16.0. The van der Waals surface area contributed by atoms with Crippen LogP contribution in [0.15, 0.2) is 30.3 Å². The van der Waals surface area contributed by atoms with Gasteiger partial charge in [-0.25, -0.2) is 0 Å². The van der Waals surface area contributed by atoms with E-state index >= 15 is 0 Å². The Kier molecular flexibility index (Phi) is 6.61. The van der Waals surface area contributed by atoms with Crippen molar-refractivity contribution in [1.82, 2.24) is 10.6 Å². The maximum Gasteiger partial charge on any atom is 0.416 e. The number of carbonyl (C=O) groups is 2. The molecule has 4 nitrogen and oxygen atoms in total. The van der Waals surface area contributed by atoms with Gasteiger partial charge in [0.25, 0.3) is 0 Å². The molecule has 0 unspecified atom stereocenters. The smallest absolute Gasteiger partial charge is 0.352 e. The number of hydrogen-bond donors (Lipinski definition) is 2. The van der Waals surface area contributed by atoms with Gasteiger partial charge in [0.05, 0.1) is 12.1 Å². The van der Waals surface area contributed by atoms with Crippen LogP contribution < -0.4 is 10.6 Å². The minimum absolute atomic E-state index is 0.151. The van der Waals surface area contributed by atoms with Gasteiger partial charge in [0.2, 0.25) is 11.8 Å². The third kappa shape index (κ3) is 6.60. The molecule has 1 saturated carbocycles. The fourth-order valence-electron chi connectivity index (χ4n) is 2.74. The first-order chi connectivity index (χ1) is 11.8. The summed E-state index contributed by atoms with van der Waals surface area (Å²) in [5.41, 5.74) is -0.515. The first kappa shape index (κ1) is 19.0. The molecule has 1 aliphatic carbocycles. The van der Waals surface area contributed by atoms with Crippen LogP contribution in [0.4, 0.5) is 13.2 Å². The molecule has 0 aromatic heterocycles. The molecule has 1 aromatic rings. The minimum Gasteiger partial charge on any atom is -0.352 e. The Morgan fingerprint density at radius 3 is 2.56 bits per heavy atom. The van der Waals surface area contributed by atoms with Crippen LogP contribution in [0, 0.1) is 0 Å². The van der Waals surface area contributed by atoms with Crippen molar-refractivity contribution in [2.24, 2.45) is 0 Å². The summed E-state index contributed by atoms with van der Waals surface area (Å²) in [7, 11) is 0. The number of nitrogens with one attached hydrogen (secondary N) is 2. The zero-order chi connectivity index (χ0) is 18.3. The van der Waals surface area contributed by atoms with Crippen LogP contribution in [0.5, 0.6) is 0 Å². The Morgan fingerprint density at radius 2 is 1.88 bits per heavy atom. The van der Waals surface area contributed by atoms with E-state index in [1.807, 2.05) is 0 Å². The molecule has 7 heteroatoms. The van der Waals surface area contributed by atoms with Gasteiger partial charge in [-0.1, -0.05) is 31.4 Å². The molecule has 0 aliphatic heterocycles. The van der Waals surface area contributed by atoms with E-state index in [-0.39, 0.29) is 24.1 Å². The topological polar surface area (TPSA) is 58.2 Å². The molecule has 0 saturated heterocycles. The predicted molar refractivity (Wildman–Crippen MR) is 88.5 cm³/mol. The maximum atomic E-state index is 12.6. The molecule has 2 rings (SSSR count). The van der Waals surface area contributed by atoms with Gasteiger partial charge in [0.1, 0.15) is 0 Å². The zero-order valence-corrected chi connectivity index (χ0v) is 13.7. The average molecular weight is 354 g/mol. The molecular weight excluding hydrogens is 333 g/mol. The highest BCUT2D eigenvalue weighted by Crippen LogP contribution is 2.29. The molecule has 1 fully saturated rings. The standard InChI is InChI=1S/C18H21F3N2O2/c19-18(20,21)14-6-4-5-13(11-14)9-10-16(24)22-12-17(25)23-15-7-2-1-3-8-15/h4-6,9-11,15H,1-3,7-8,12H2,(H,22,24)(H,23,25)/b10-9+. The van der Waals surface area contributed by atoms with Crippen LogP contribution in [0.1, 0.15) is 43.2 Å². The second-order valence-electron chi connectivity index (χ2n) is 6.08. The third-order valence-electron chi connectivity index (χ3n) is 4.03. The van der Waals surface area contributed by atoms with Gasteiger partial charge < -0.3 is 10.6 Å². The second kappa shape index (κ2) is 8.69. The van der Waals surface area contributed by atoms with Gasteiger partial charge in [-0.3, -0.25) is 9.59 Å². The third-order valence-corrected chi connectivity index (χ3v) is 4.03. The van der Waals surface area contributed by atoms with Gasteiger partial charge in [-0.05, 0) is 36.6 Å². The Bertz CT molecular complexity index is 635. The van der Waals surface area contributed by atoms with Crippen LogP contribution >= 0.6 is 0 Å². The molecule has 2 amide bonds. The van der Waals surface area contributed by atoms with Crippen molar-refractivity contribution in [3.05, 3.63) is 41.5 Å². The molecule has 0 bridgehead atoms. The molecule has 0 radical (unpaired) electrons. The summed E-state index contributed by atoms with van der Waals surface area (Å²) in [6, 6.07) is 4.83. The number of alkyl halides is 3. The Morgan fingerprint density at radius 1 is 1.16 bits per heavy atom. The summed E-state index contributed by atoms with van der Waals surface area (Å²) < 4.78 is 37.9. The monoisotopic (exact) mass is 354 g/mol. The predicted octanol–water partition coefficient (Wildman–Crippen LogP) is 3.28. The van der Waals surface area contributed by atoms with Crippen LogP contribution in [0.2, 0.25) is 0 Å². The molecule has 2 N–H and O–H groups in total. The number of hydrogen-bond acceptors (Lipinski definition) is 2. The summed E-state index contributed by atoms with van der Waals surface area (Å²) in [4.78, 5) is 23.5. The largest absolute Gasteiger partial charge is 0.416 e. The van der Waals surface area contributed by atoms with Crippen LogP contribution in [0.3, 0.4) is 0 Å². The van der Waals surface area contributed by atoms with E-state index in [0.717, 1.165) is 43.9 Å². The van der Waals surface area contributed by atoms with Gasteiger partial charge in [-0.2, -0.15) is 13.2 Å². The van der Waals surface area contributed by atoms with Crippen molar-refractivity contribution in [2.75, 3.05) is 6.54 Å². The van der Waals surface area contributed by atoms with Crippen LogP contribution in [0.25, 0.3) is 6.08 Å². The molecule has 1 aliphatic rings. The number of benzene rings is 1. The number of rotatable bonds is 5. The van der Waals surface area contributed by atoms with Gasteiger partial charge in [0.15, 0.2) is 0 Å². The Hall–Kier alpha value is -2.31. The highest BCUT2D eigenvalue weighted by molar-refractivity contribution is 5.94. The Labute approximate surface area is 144 Å². The van der Waals surface area contributed by atoms with E-state index in [2.05, 4.69) is 10.6 Å². The highest BCUT2D eigenvalue weighted by Gasteiger charge is 2.30. The lowest BCUT2D eigenvalue weighted by molar-refractivity contribution is -0.137. The van der Waals surface area contributed by atoms with Crippen molar-refractivity contribution >= 4 is 17.9 Å². The van der Waals surface area contributed by atoms with Crippen molar-refractivity contribution < 1.29 is 22.8 Å². The van der Waals surface area contributed by atoms with E-state index in [1.165, 1.54) is 24.6 Å². The number of amides is 2. The molecule has 25 heavy (non-hydrogen) atoms. The second-order valence-corrected chi connectivity index (χ2v) is 6.08. The summed E-state index contributed by atoms with van der Waals surface area (Å²) in [6.07, 6.45) is 3.25. The van der Waals surface area contributed by atoms with Crippen molar-refractivity contribution in [2.45, 2.75) is 44.3 Å². The highest BCUT2D eigenvalue weighted by atomic mass is 19.4. The van der Waals surface area contributed by atoms with E-state index < -0.39 is 17.6 Å². The fraction of sp³-hybridized carbons (Fsp3) is 0.444. The number of carbonyl (C=O) groups excluding carboxylic acids is 2. The average Bonchev–Trinajstić information content (AvgIpc) is 2.58. The molecular formula is C18H21F3N2O2. The van der Waals surface area contributed by atoms with Gasteiger partial charge in [0, 0.05) is 12.1 Å². The maximum absolute atomic E-state index is 12.6. The van der Waals surface area contributed by atoms with E-state index in [1.54, 1.807) is 0 Å². The first-order valence-corrected chi connectivity index (χ1v) is 8.27. The quantitative estimate of drug-likeness (QED) is 0.798. The van der Waals surface area contributed by atoms with Crippen molar-refractivity contribution in [3.63, 3.8) is 0 Å². The Balaban J connectivity index is 1.79. The summed E-state index contributed by atoms with van der Waals surface area (Å²) in [5, 5.41) is 5.30. The zero-order valence-electron chi connectivity index (χ0n) is 13.7. The molecule has 1 aromatic carbocycles. The lowest BCUT2D eigenvalue weighted by Gasteiger charge is -2.22. The van der Waals surface area contributed by atoms with Crippen molar-refractivity contribution in [1.29, 1.82) is 0 Å². The van der Waals surface area contributed by atoms with Gasteiger partial charge in [-0.15, -0.1) is 0 Å². The van der Waals surface area contributed by atoms with Crippen molar-refractivity contribution in [3.8, 4) is 0 Å². The summed E-state index contributed by atoms with van der Waals surface area (Å²) in [6.45, 7) is -0.151. The fourth-order valence-corrected chi connectivity index (χ4v) is 2.74. The van der Waals surface area contributed by atoms with E-state index in [9.17, 15) is 22.8 Å². The van der Waals surface area contributed by atoms with Crippen LogP contribution in [-0.4, -0.2) is 24.4 Å². The van der Waals surface area contributed by atoms with E-state index in [0.29, 0.717) is 0 Å². The summed E-state index contributed by atoms with van der Waals surface area (Å²) >= 11 is 0. The molecule has 0 atom stereocenters. The lowest BCUT2D eigenvalue weighted by atomic mass is 9.95. The molecule has 0 heterocycles. The van der Waals surface area contributed by atoms with Gasteiger partial charge >= 0.3 is 6.18 Å². The number of halogens is 3. The minimum atomic E-state index is -4.43. The lowest BCUT2D eigenvalue weighted by Crippen LogP contribution is -2.42. The molecule has 0 spiro atoms. The van der Waals surface area contributed by atoms with E-state index in [4.69, 9.17) is 0 Å². The SMILES string of the molecule is O=C(/C=C/c1cccc(C(F)(F)F)c1)NCC(=O)NC1CCCCC1. The summed E-state index contributed by atoms with van der Waals surface area (Å²) in [5.74, 6) is -0.788. The first-order valence-electron chi connectivity index (χ1n) is 8.27. The van der Waals surface area contributed by atoms with Crippen LogP contribution in [-0.2, 0) is 15.8 Å².